The fourth-order valence-corrected chi connectivity index (χ4v) is 7.67. The number of imide groups is 1. The van der Waals surface area contributed by atoms with Crippen LogP contribution in [0.4, 0.5) is 4.79 Å². The third-order valence-corrected chi connectivity index (χ3v) is 9.32. The van der Waals surface area contributed by atoms with Crippen LogP contribution in [0.1, 0.15) is 79.1 Å². The van der Waals surface area contributed by atoms with Crippen molar-refractivity contribution in [3.8, 4) is 0 Å². The van der Waals surface area contributed by atoms with Crippen molar-refractivity contribution in [1.82, 2.24) is 16.0 Å². The van der Waals surface area contributed by atoms with Crippen LogP contribution in [0.2, 0.25) is 0 Å². The van der Waals surface area contributed by atoms with Gasteiger partial charge in [-0.15, -0.1) is 0 Å². The van der Waals surface area contributed by atoms with Crippen LogP contribution >= 0.6 is 0 Å². The Labute approximate surface area is 180 Å². The molecule has 4 amide bonds. The maximum Gasteiger partial charge on any atom is 0.321 e. The van der Waals surface area contributed by atoms with E-state index in [2.05, 4.69) is 29.8 Å². The average molecular weight is 418 g/mol. The van der Waals surface area contributed by atoms with Crippen LogP contribution in [0.3, 0.4) is 0 Å². The van der Waals surface area contributed by atoms with Crippen molar-refractivity contribution in [2.75, 3.05) is 6.54 Å². The zero-order chi connectivity index (χ0) is 21.7. The van der Waals surface area contributed by atoms with E-state index < -0.39 is 0 Å². The Hall–Kier alpha value is -1.59. The van der Waals surface area contributed by atoms with Gasteiger partial charge in [-0.3, -0.25) is 14.9 Å². The molecule has 6 heteroatoms. The summed E-state index contributed by atoms with van der Waals surface area (Å²) in [6.45, 7) is 9.35. The lowest BCUT2D eigenvalue weighted by Gasteiger charge is -2.60. The van der Waals surface area contributed by atoms with Crippen molar-refractivity contribution < 1.29 is 14.4 Å². The molecule has 3 N–H and O–H groups in total. The summed E-state index contributed by atoms with van der Waals surface area (Å²) < 4.78 is 0. The summed E-state index contributed by atoms with van der Waals surface area (Å²) in [4.78, 5) is 37.1. The van der Waals surface area contributed by atoms with Gasteiger partial charge in [0.2, 0.25) is 11.8 Å². The fraction of sp³-hybridized carbons (Fsp3) is 0.875. The molecule has 30 heavy (non-hydrogen) atoms. The van der Waals surface area contributed by atoms with Gasteiger partial charge in [0.1, 0.15) is 0 Å². The number of carbonyl (C=O) groups is 3. The van der Waals surface area contributed by atoms with E-state index >= 15 is 0 Å². The minimum Gasteiger partial charge on any atom is -0.353 e. The Bertz CT molecular complexity index is 722. The molecule has 0 aromatic carbocycles. The summed E-state index contributed by atoms with van der Waals surface area (Å²) >= 11 is 0. The van der Waals surface area contributed by atoms with Gasteiger partial charge in [0, 0.05) is 24.9 Å². The maximum absolute atomic E-state index is 13.0. The molecule has 2 unspecified atom stereocenters. The highest BCUT2D eigenvalue weighted by Crippen LogP contribution is 2.65. The predicted molar refractivity (Wildman–Crippen MR) is 115 cm³/mol. The number of rotatable bonds is 3. The van der Waals surface area contributed by atoms with Crippen LogP contribution in [0.15, 0.2) is 0 Å². The molecule has 0 aromatic rings. The summed E-state index contributed by atoms with van der Waals surface area (Å²) in [6.07, 6.45) is 7.98. The number of amides is 4. The normalized spacial score (nSPS) is 42.6. The van der Waals surface area contributed by atoms with Gasteiger partial charge in [0.05, 0.1) is 0 Å². The Morgan fingerprint density at radius 3 is 2.50 bits per heavy atom. The van der Waals surface area contributed by atoms with Gasteiger partial charge in [-0.25, -0.2) is 4.79 Å². The lowest BCUT2D eigenvalue weighted by molar-refractivity contribution is -0.141. The van der Waals surface area contributed by atoms with Crippen LogP contribution in [0.5, 0.6) is 0 Å². The van der Waals surface area contributed by atoms with Gasteiger partial charge in [-0.1, -0.05) is 27.7 Å². The Balaban J connectivity index is 1.45. The van der Waals surface area contributed by atoms with E-state index in [1.807, 2.05) is 13.8 Å². The van der Waals surface area contributed by atoms with Crippen molar-refractivity contribution >= 4 is 17.8 Å². The number of carbonyl (C=O) groups excluding carboxylic acids is 3. The first-order valence-electron chi connectivity index (χ1n) is 12.0. The van der Waals surface area contributed by atoms with Crippen LogP contribution in [0, 0.1) is 40.4 Å². The molecule has 0 bridgehead atoms. The van der Waals surface area contributed by atoms with Gasteiger partial charge < -0.3 is 10.6 Å². The van der Waals surface area contributed by atoms with Crippen molar-refractivity contribution in [2.45, 2.75) is 85.1 Å². The molecule has 7 atom stereocenters. The minimum absolute atomic E-state index is 0.0231. The molecule has 3 aliphatic carbocycles. The second-order valence-corrected chi connectivity index (χ2v) is 11.3. The molecule has 0 aromatic heterocycles. The molecule has 4 fully saturated rings. The molecule has 1 saturated heterocycles. The molecule has 0 spiro atoms. The molecule has 168 valence electrons. The highest BCUT2D eigenvalue weighted by Gasteiger charge is 2.61. The largest absolute Gasteiger partial charge is 0.353 e. The first kappa shape index (κ1) is 21.6. The molecule has 1 aliphatic heterocycles. The van der Waals surface area contributed by atoms with Gasteiger partial charge >= 0.3 is 6.03 Å². The van der Waals surface area contributed by atoms with Crippen molar-refractivity contribution in [1.29, 1.82) is 0 Å². The first-order chi connectivity index (χ1) is 14.1. The van der Waals surface area contributed by atoms with E-state index in [-0.39, 0.29) is 34.6 Å². The average Bonchev–Trinajstić information content (AvgIpc) is 3.04. The van der Waals surface area contributed by atoms with Gasteiger partial charge in [-0.05, 0) is 79.4 Å². The van der Waals surface area contributed by atoms with Gasteiger partial charge in [0.15, 0.2) is 0 Å². The second-order valence-electron chi connectivity index (χ2n) is 11.3. The lowest BCUT2D eigenvalue weighted by atomic mass is 9.47. The SMILES string of the molecule is CC(C)CNC(=O)NC(=O)C1CC[C@H]2[C@@H]3CCC4NC(=O)CC[C@]4(C)[C@@H]3CC[C@]12C. The van der Waals surface area contributed by atoms with Crippen LogP contribution in [-0.4, -0.2) is 30.4 Å². The van der Waals surface area contributed by atoms with E-state index in [1.165, 1.54) is 0 Å². The van der Waals surface area contributed by atoms with Crippen molar-refractivity contribution in [3.63, 3.8) is 0 Å². The zero-order valence-electron chi connectivity index (χ0n) is 19.1. The quantitative estimate of drug-likeness (QED) is 0.656. The smallest absolute Gasteiger partial charge is 0.321 e. The molecule has 0 radical (unpaired) electrons. The fourth-order valence-electron chi connectivity index (χ4n) is 7.67. The predicted octanol–water partition coefficient (Wildman–Crippen LogP) is 3.61. The van der Waals surface area contributed by atoms with Crippen molar-refractivity contribution in [3.05, 3.63) is 0 Å². The van der Waals surface area contributed by atoms with Crippen LogP contribution < -0.4 is 16.0 Å². The summed E-state index contributed by atoms with van der Waals surface area (Å²) in [5.74, 6) is 2.20. The van der Waals surface area contributed by atoms with E-state index in [0.29, 0.717) is 42.7 Å². The van der Waals surface area contributed by atoms with Crippen molar-refractivity contribution in [2.24, 2.45) is 40.4 Å². The number of hydrogen-bond acceptors (Lipinski definition) is 3. The minimum atomic E-state index is -0.361. The monoisotopic (exact) mass is 417 g/mol. The maximum atomic E-state index is 13.0. The number of nitrogens with one attached hydrogen (secondary N) is 3. The summed E-state index contributed by atoms with van der Waals surface area (Å²) in [6, 6.07) is -0.0464. The number of hydrogen-bond donors (Lipinski definition) is 3. The van der Waals surface area contributed by atoms with E-state index in [1.54, 1.807) is 0 Å². The molecule has 1 heterocycles. The Morgan fingerprint density at radius 1 is 1.03 bits per heavy atom. The van der Waals surface area contributed by atoms with Gasteiger partial charge in [-0.2, -0.15) is 0 Å². The first-order valence-corrected chi connectivity index (χ1v) is 12.0. The van der Waals surface area contributed by atoms with E-state index in [0.717, 1.165) is 44.9 Å². The van der Waals surface area contributed by atoms with Crippen LogP contribution in [0.25, 0.3) is 0 Å². The molecule has 3 saturated carbocycles. The summed E-state index contributed by atoms with van der Waals surface area (Å²) in [5, 5.41) is 8.71. The Morgan fingerprint density at radius 2 is 1.77 bits per heavy atom. The number of fused-ring (bicyclic) bond motifs is 5. The molecular weight excluding hydrogens is 378 g/mol. The zero-order valence-corrected chi connectivity index (χ0v) is 19.1. The second kappa shape index (κ2) is 7.83. The molecule has 6 nitrogen and oxygen atoms in total. The van der Waals surface area contributed by atoms with E-state index in [4.69, 9.17) is 0 Å². The molecule has 4 aliphatic rings. The molecule has 4 rings (SSSR count). The highest BCUT2D eigenvalue weighted by atomic mass is 16.2. The molecular formula is C24H39N3O3. The Kier molecular flexibility index (Phi) is 5.65. The third kappa shape index (κ3) is 3.54. The number of urea groups is 1. The highest BCUT2D eigenvalue weighted by molar-refractivity contribution is 5.96. The third-order valence-electron chi connectivity index (χ3n) is 9.32. The summed E-state index contributed by atoms with van der Waals surface area (Å²) in [5.41, 5.74) is 0.167. The standard InChI is InChI=1S/C24H39N3O3/c1-14(2)13-25-22(30)27-21(29)18-7-6-16-15-5-8-19-24(4,12-10-20(28)26-19)17(15)9-11-23(16,18)3/h14-19H,5-13H2,1-4H3,(H,26,28)(H2,25,27,29,30)/t15-,16-,17+,18?,19?,23-,24+/m0/s1. The van der Waals surface area contributed by atoms with Gasteiger partial charge in [0.25, 0.3) is 0 Å². The van der Waals surface area contributed by atoms with Crippen LogP contribution in [-0.2, 0) is 9.59 Å². The van der Waals surface area contributed by atoms with E-state index in [9.17, 15) is 14.4 Å². The lowest BCUT2D eigenvalue weighted by Crippen LogP contribution is -2.61. The summed E-state index contributed by atoms with van der Waals surface area (Å²) in [7, 11) is 0. The number of piperidine rings is 1. The topological polar surface area (TPSA) is 87.3 Å².